The van der Waals surface area contributed by atoms with Gasteiger partial charge in [0.25, 0.3) is 0 Å². The van der Waals surface area contributed by atoms with Gasteiger partial charge in [0.1, 0.15) is 6.67 Å². The standard InChI is InChI=1S/C10H14FNO2/c1-2-3-9-8(10(13)14)4-6-12(9)7-5-11/h4,6H,2-3,5,7H2,1H3,(H,13,14). The van der Waals surface area contributed by atoms with E-state index in [1.807, 2.05) is 6.92 Å². The molecule has 0 bridgehead atoms. The summed E-state index contributed by atoms with van der Waals surface area (Å²) in [5.74, 6) is -0.939. The predicted molar refractivity (Wildman–Crippen MR) is 51.4 cm³/mol. The molecule has 0 atom stereocenters. The summed E-state index contributed by atoms with van der Waals surface area (Å²) in [5, 5.41) is 8.87. The van der Waals surface area contributed by atoms with Crippen LogP contribution in [-0.2, 0) is 13.0 Å². The molecule has 0 fully saturated rings. The normalized spacial score (nSPS) is 10.4. The maximum atomic E-state index is 12.1. The average molecular weight is 199 g/mol. The van der Waals surface area contributed by atoms with E-state index < -0.39 is 12.6 Å². The summed E-state index contributed by atoms with van der Waals surface area (Å²) in [6, 6.07) is 1.53. The summed E-state index contributed by atoms with van der Waals surface area (Å²) in [5.41, 5.74) is 1.01. The van der Waals surface area contributed by atoms with E-state index in [1.165, 1.54) is 6.07 Å². The molecule has 0 aliphatic heterocycles. The fraction of sp³-hybridized carbons (Fsp3) is 0.500. The molecule has 0 amide bonds. The fourth-order valence-electron chi connectivity index (χ4n) is 1.52. The minimum Gasteiger partial charge on any atom is -0.478 e. The van der Waals surface area contributed by atoms with Crippen LogP contribution in [-0.4, -0.2) is 22.3 Å². The number of carboxylic acid groups (broad SMARTS) is 1. The Kier molecular flexibility index (Phi) is 3.68. The minimum absolute atomic E-state index is 0.239. The van der Waals surface area contributed by atoms with Crippen molar-refractivity contribution in [1.82, 2.24) is 4.57 Å². The van der Waals surface area contributed by atoms with Gasteiger partial charge >= 0.3 is 5.97 Å². The van der Waals surface area contributed by atoms with E-state index in [4.69, 9.17) is 5.11 Å². The van der Waals surface area contributed by atoms with E-state index >= 15 is 0 Å². The molecule has 78 valence electrons. The molecule has 1 N–H and O–H groups in total. The average Bonchev–Trinajstić information content (AvgIpc) is 2.50. The van der Waals surface area contributed by atoms with Crippen molar-refractivity contribution in [3.63, 3.8) is 0 Å². The van der Waals surface area contributed by atoms with Crippen LogP contribution in [0.25, 0.3) is 0 Å². The molecule has 1 aromatic heterocycles. The fourth-order valence-corrected chi connectivity index (χ4v) is 1.52. The third-order valence-electron chi connectivity index (χ3n) is 2.12. The second-order valence-electron chi connectivity index (χ2n) is 3.11. The first-order valence-electron chi connectivity index (χ1n) is 4.68. The molecule has 0 aromatic carbocycles. The Morgan fingerprint density at radius 1 is 1.64 bits per heavy atom. The molecule has 0 aliphatic carbocycles. The molecule has 0 spiro atoms. The highest BCUT2D eigenvalue weighted by Gasteiger charge is 2.13. The van der Waals surface area contributed by atoms with Crippen molar-refractivity contribution in [2.45, 2.75) is 26.3 Å². The van der Waals surface area contributed by atoms with Gasteiger partial charge in [-0.2, -0.15) is 0 Å². The first kappa shape index (κ1) is 10.8. The Hall–Kier alpha value is -1.32. The molecular weight excluding hydrogens is 185 g/mol. The van der Waals surface area contributed by atoms with E-state index in [-0.39, 0.29) is 6.54 Å². The summed E-state index contributed by atoms with van der Waals surface area (Å²) in [4.78, 5) is 10.8. The molecule has 1 rings (SSSR count). The largest absolute Gasteiger partial charge is 0.478 e. The number of hydrogen-bond acceptors (Lipinski definition) is 1. The minimum atomic E-state index is -0.939. The van der Waals surface area contributed by atoms with Crippen molar-refractivity contribution in [2.75, 3.05) is 6.67 Å². The number of aromatic nitrogens is 1. The third kappa shape index (κ3) is 2.13. The number of nitrogens with zero attached hydrogens (tertiary/aromatic N) is 1. The van der Waals surface area contributed by atoms with Crippen LogP contribution >= 0.6 is 0 Å². The van der Waals surface area contributed by atoms with E-state index in [2.05, 4.69) is 0 Å². The van der Waals surface area contributed by atoms with Crippen molar-refractivity contribution in [3.05, 3.63) is 23.5 Å². The van der Waals surface area contributed by atoms with Gasteiger partial charge in [-0.1, -0.05) is 13.3 Å². The lowest BCUT2D eigenvalue weighted by molar-refractivity contribution is 0.0695. The molecule has 3 nitrogen and oxygen atoms in total. The second kappa shape index (κ2) is 4.79. The highest BCUT2D eigenvalue weighted by atomic mass is 19.1. The summed E-state index contributed by atoms with van der Waals surface area (Å²) in [6.45, 7) is 1.74. The number of alkyl halides is 1. The number of halogens is 1. The van der Waals surface area contributed by atoms with Crippen molar-refractivity contribution < 1.29 is 14.3 Å². The maximum absolute atomic E-state index is 12.1. The van der Waals surface area contributed by atoms with Crippen LogP contribution in [0.15, 0.2) is 12.3 Å². The molecular formula is C10H14FNO2. The van der Waals surface area contributed by atoms with Gasteiger partial charge in [-0.15, -0.1) is 0 Å². The third-order valence-corrected chi connectivity index (χ3v) is 2.12. The SMILES string of the molecule is CCCc1c(C(=O)O)ccn1CCF. The van der Waals surface area contributed by atoms with Crippen LogP contribution in [0.4, 0.5) is 4.39 Å². The van der Waals surface area contributed by atoms with Gasteiger partial charge in [0.2, 0.25) is 0 Å². The maximum Gasteiger partial charge on any atom is 0.337 e. The zero-order valence-corrected chi connectivity index (χ0v) is 8.16. The van der Waals surface area contributed by atoms with Gasteiger partial charge in [-0.25, -0.2) is 9.18 Å². The van der Waals surface area contributed by atoms with E-state index in [0.29, 0.717) is 12.0 Å². The number of carboxylic acids is 1. The number of aromatic carboxylic acids is 1. The molecule has 0 radical (unpaired) electrons. The van der Waals surface area contributed by atoms with Gasteiger partial charge < -0.3 is 9.67 Å². The van der Waals surface area contributed by atoms with Crippen molar-refractivity contribution in [1.29, 1.82) is 0 Å². The lowest BCUT2D eigenvalue weighted by Gasteiger charge is -2.06. The van der Waals surface area contributed by atoms with Crippen LogP contribution in [0.2, 0.25) is 0 Å². The Morgan fingerprint density at radius 2 is 2.36 bits per heavy atom. The quantitative estimate of drug-likeness (QED) is 0.789. The number of rotatable bonds is 5. The number of carbonyl (C=O) groups is 1. The van der Waals surface area contributed by atoms with Gasteiger partial charge in [-0.05, 0) is 12.5 Å². The second-order valence-corrected chi connectivity index (χ2v) is 3.11. The van der Waals surface area contributed by atoms with Crippen LogP contribution < -0.4 is 0 Å². The van der Waals surface area contributed by atoms with Crippen molar-refractivity contribution in [2.24, 2.45) is 0 Å². The van der Waals surface area contributed by atoms with Crippen LogP contribution in [0, 0.1) is 0 Å². The Morgan fingerprint density at radius 3 is 2.86 bits per heavy atom. The zero-order chi connectivity index (χ0) is 10.6. The molecule has 0 aliphatic rings. The molecule has 14 heavy (non-hydrogen) atoms. The van der Waals surface area contributed by atoms with Crippen molar-refractivity contribution >= 4 is 5.97 Å². The molecule has 0 saturated heterocycles. The first-order chi connectivity index (χ1) is 6.70. The molecule has 1 heterocycles. The topological polar surface area (TPSA) is 42.2 Å². The predicted octanol–water partition coefficient (Wildman–Crippen LogP) is 2.11. The van der Waals surface area contributed by atoms with Gasteiger partial charge in [-0.3, -0.25) is 0 Å². The molecule has 0 unspecified atom stereocenters. The lowest BCUT2D eigenvalue weighted by atomic mass is 10.1. The zero-order valence-electron chi connectivity index (χ0n) is 8.16. The monoisotopic (exact) mass is 199 g/mol. The smallest absolute Gasteiger partial charge is 0.337 e. The molecule has 1 aromatic rings. The van der Waals surface area contributed by atoms with Gasteiger partial charge in [0.15, 0.2) is 0 Å². The Bertz CT molecular complexity index is 320. The van der Waals surface area contributed by atoms with E-state index in [0.717, 1.165) is 12.1 Å². The number of aryl methyl sites for hydroxylation is 1. The van der Waals surface area contributed by atoms with Crippen LogP contribution in [0.3, 0.4) is 0 Å². The van der Waals surface area contributed by atoms with Gasteiger partial charge in [0.05, 0.1) is 12.1 Å². The highest BCUT2D eigenvalue weighted by Crippen LogP contribution is 2.13. The number of hydrogen-bond donors (Lipinski definition) is 1. The summed E-state index contributed by atoms with van der Waals surface area (Å²) in [7, 11) is 0. The summed E-state index contributed by atoms with van der Waals surface area (Å²) in [6.07, 6.45) is 3.17. The van der Waals surface area contributed by atoms with Crippen LogP contribution in [0.1, 0.15) is 29.4 Å². The Balaban J connectivity index is 3.00. The Labute approximate surface area is 82.2 Å². The molecule has 4 heteroatoms. The lowest BCUT2D eigenvalue weighted by Crippen LogP contribution is -2.07. The van der Waals surface area contributed by atoms with E-state index in [9.17, 15) is 9.18 Å². The summed E-state index contributed by atoms with van der Waals surface area (Å²) < 4.78 is 13.8. The molecule has 0 saturated carbocycles. The van der Waals surface area contributed by atoms with Crippen molar-refractivity contribution in [3.8, 4) is 0 Å². The first-order valence-corrected chi connectivity index (χ1v) is 4.68. The highest BCUT2D eigenvalue weighted by molar-refractivity contribution is 5.89. The summed E-state index contributed by atoms with van der Waals surface area (Å²) >= 11 is 0. The van der Waals surface area contributed by atoms with E-state index in [1.54, 1.807) is 10.8 Å². The van der Waals surface area contributed by atoms with Gasteiger partial charge in [0, 0.05) is 11.9 Å². The van der Waals surface area contributed by atoms with Crippen LogP contribution in [0.5, 0.6) is 0 Å².